The molecule has 0 fully saturated rings. The van der Waals surface area contributed by atoms with Gasteiger partial charge in [-0.3, -0.25) is 9.59 Å². The van der Waals surface area contributed by atoms with Crippen molar-refractivity contribution in [2.45, 2.75) is 12.5 Å². The molecule has 0 unspecified atom stereocenters. The zero-order chi connectivity index (χ0) is 25.5. The van der Waals surface area contributed by atoms with Crippen LogP contribution in [0.25, 0.3) is 0 Å². The van der Waals surface area contributed by atoms with Crippen molar-refractivity contribution in [1.82, 2.24) is 9.80 Å². The van der Waals surface area contributed by atoms with Crippen LogP contribution in [0.15, 0.2) is 72.6 Å². The average Bonchev–Trinajstić information content (AvgIpc) is 3.40. The summed E-state index contributed by atoms with van der Waals surface area (Å²) in [7, 11) is 3.19. The molecule has 2 heterocycles. The highest BCUT2D eigenvalue weighted by molar-refractivity contribution is 7.10. The molecule has 0 aliphatic carbocycles. The van der Waals surface area contributed by atoms with Crippen molar-refractivity contribution >= 4 is 23.2 Å². The minimum atomic E-state index is -0.250. The number of fused-ring (bicyclic) bond motifs is 1. The highest BCUT2D eigenvalue weighted by Crippen LogP contribution is 2.34. The van der Waals surface area contributed by atoms with Crippen molar-refractivity contribution < 1.29 is 23.8 Å². The number of carbonyl (C=O) groups excluding carboxylic acids is 2. The molecule has 1 atom stereocenters. The van der Waals surface area contributed by atoms with Gasteiger partial charge in [0.15, 0.2) is 0 Å². The predicted octanol–water partition coefficient (Wildman–Crippen LogP) is 4.60. The van der Waals surface area contributed by atoms with Gasteiger partial charge in [0.05, 0.1) is 20.3 Å². The topological polar surface area (TPSA) is 68.3 Å². The summed E-state index contributed by atoms with van der Waals surface area (Å²) >= 11 is 1.70. The molecule has 2 amide bonds. The van der Waals surface area contributed by atoms with Gasteiger partial charge in [-0.1, -0.05) is 12.1 Å². The van der Waals surface area contributed by atoms with Crippen LogP contribution in [0.1, 0.15) is 26.8 Å². The van der Waals surface area contributed by atoms with Gasteiger partial charge in [-0.15, -0.1) is 17.9 Å². The molecule has 2 aromatic carbocycles. The van der Waals surface area contributed by atoms with Crippen molar-refractivity contribution in [2.75, 3.05) is 40.5 Å². The number of thiophene rings is 1. The van der Waals surface area contributed by atoms with Gasteiger partial charge in [0.1, 0.15) is 30.4 Å². The second kappa shape index (κ2) is 11.8. The van der Waals surface area contributed by atoms with Crippen LogP contribution in [-0.2, 0) is 11.2 Å². The van der Waals surface area contributed by atoms with Gasteiger partial charge in [-0.2, -0.15) is 0 Å². The number of benzene rings is 2. The number of nitrogens with zero attached hydrogens (tertiary/aromatic N) is 2. The molecule has 3 aromatic rings. The van der Waals surface area contributed by atoms with Gasteiger partial charge < -0.3 is 24.0 Å². The minimum absolute atomic E-state index is 0.0496. The fraction of sp³-hybridized carbons (Fsp3) is 0.286. The van der Waals surface area contributed by atoms with E-state index < -0.39 is 0 Å². The third-order valence-corrected chi connectivity index (χ3v) is 7.16. The molecule has 188 valence electrons. The van der Waals surface area contributed by atoms with E-state index in [4.69, 9.17) is 14.2 Å². The summed E-state index contributed by atoms with van der Waals surface area (Å²) in [6.07, 6.45) is 2.41. The SMILES string of the molecule is C=CCN(CC(=O)N1CCc2sccc2[C@@H]1COc1cccc(OC)c1)C(=O)c1ccc(OC)cc1. The van der Waals surface area contributed by atoms with Gasteiger partial charge >= 0.3 is 0 Å². The molecule has 1 aliphatic heterocycles. The fourth-order valence-corrected chi connectivity index (χ4v) is 5.21. The lowest BCUT2D eigenvalue weighted by atomic mass is 10.0. The van der Waals surface area contributed by atoms with E-state index in [0.29, 0.717) is 36.0 Å². The number of ether oxygens (including phenoxy) is 3. The van der Waals surface area contributed by atoms with Gasteiger partial charge in [-0.05, 0) is 59.8 Å². The van der Waals surface area contributed by atoms with Crippen molar-refractivity contribution in [3.05, 3.63) is 88.6 Å². The zero-order valence-corrected chi connectivity index (χ0v) is 21.3. The summed E-state index contributed by atoms with van der Waals surface area (Å²) in [6, 6.07) is 16.1. The number of hydrogen-bond acceptors (Lipinski definition) is 6. The van der Waals surface area contributed by atoms with Crippen LogP contribution >= 0.6 is 11.3 Å². The van der Waals surface area contributed by atoms with E-state index in [0.717, 1.165) is 12.0 Å². The maximum atomic E-state index is 13.6. The number of rotatable bonds is 10. The molecule has 0 saturated carbocycles. The smallest absolute Gasteiger partial charge is 0.254 e. The van der Waals surface area contributed by atoms with Gasteiger partial charge in [0, 0.05) is 29.6 Å². The first-order valence-corrected chi connectivity index (χ1v) is 12.6. The van der Waals surface area contributed by atoms with Gasteiger partial charge in [-0.25, -0.2) is 0 Å². The van der Waals surface area contributed by atoms with Crippen LogP contribution in [0.4, 0.5) is 0 Å². The van der Waals surface area contributed by atoms with Crippen molar-refractivity contribution in [3.8, 4) is 17.2 Å². The van der Waals surface area contributed by atoms with E-state index in [-0.39, 0.29) is 30.9 Å². The lowest BCUT2D eigenvalue weighted by Crippen LogP contribution is -2.47. The Bertz CT molecular complexity index is 1210. The number of hydrogen-bond donors (Lipinski definition) is 0. The summed E-state index contributed by atoms with van der Waals surface area (Å²) < 4.78 is 16.6. The van der Waals surface area contributed by atoms with E-state index in [2.05, 4.69) is 18.0 Å². The Balaban J connectivity index is 1.51. The molecule has 0 spiro atoms. The average molecular weight is 507 g/mol. The first kappa shape index (κ1) is 25.3. The van der Waals surface area contributed by atoms with Crippen LogP contribution in [-0.4, -0.2) is 62.1 Å². The summed E-state index contributed by atoms with van der Waals surface area (Å²) in [5.41, 5.74) is 1.58. The second-order valence-electron chi connectivity index (χ2n) is 8.34. The van der Waals surface area contributed by atoms with E-state index in [1.807, 2.05) is 29.2 Å². The van der Waals surface area contributed by atoms with Crippen molar-refractivity contribution in [3.63, 3.8) is 0 Å². The molecule has 4 rings (SSSR count). The Kier molecular flexibility index (Phi) is 8.28. The molecular formula is C28H30N2O5S. The second-order valence-corrected chi connectivity index (χ2v) is 9.35. The van der Waals surface area contributed by atoms with Gasteiger partial charge in [0.2, 0.25) is 5.91 Å². The van der Waals surface area contributed by atoms with Crippen LogP contribution in [0.2, 0.25) is 0 Å². The highest BCUT2D eigenvalue weighted by atomic mass is 32.1. The molecule has 1 aliphatic rings. The summed E-state index contributed by atoms with van der Waals surface area (Å²) in [4.78, 5) is 31.4. The van der Waals surface area contributed by atoms with E-state index in [9.17, 15) is 9.59 Å². The first-order valence-electron chi connectivity index (χ1n) is 11.7. The molecular weight excluding hydrogens is 476 g/mol. The van der Waals surface area contributed by atoms with E-state index in [1.165, 1.54) is 9.78 Å². The lowest BCUT2D eigenvalue weighted by Gasteiger charge is -2.37. The third-order valence-electron chi connectivity index (χ3n) is 6.16. The molecule has 0 bridgehead atoms. The number of carbonyl (C=O) groups is 2. The lowest BCUT2D eigenvalue weighted by molar-refractivity contribution is -0.135. The maximum absolute atomic E-state index is 13.6. The van der Waals surface area contributed by atoms with Crippen LogP contribution in [0.5, 0.6) is 17.2 Å². The molecule has 36 heavy (non-hydrogen) atoms. The first-order chi connectivity index (χ1) is 17.5. The standard InChI is InChI=1S/C28H30N2O5S/c1-4-14-29(28(32)20-8-10-21(33-2)11-9-20)18-27(31)30-15-12-26-24(13-16-36-26)25(30)19-35-23-7-5-6-22(17-23)34-3/h4-11,13,16-17,25H,1,12,14-15,18-19H2,2-3H3/t25-/m0/s1. The maximum Gasteiger partial charge on any atom is 0.254 e. The van der Waals surface area contributed by atoms with Crippen molar-refractivity contribution in [2.24, 2.45) is 0 Å². The number of methoxy groups -OCH3 is 2. The van der Waals surface area contributed by atoms with Crippen molar-refractivity contribution in [1.29, 1.82) is 0 Å². The molecule has 1 aromatic heterocycles. The summed E-state index contributed by atoms with van der Waals surface area (Å²) in [5, 5.41) is 2.05. The Morgan fingerprint density at radius 2 is 1.83 bits per heavy atom. The van der Waals surface area contributed by atoms with E-state index >= 15 is 0 Å². The largest absolute Gasteiger partial charge is 0.497 e. The van der Waals surface area contributed by atoms with Crippen LogP contribution in [0, 0.1) is 0 Å². The monoisotopic (exact) mass is 506 g/mol. The molecule has 0 radical (unpaired) electrons. The Morgan fingerprint density at radius 1 is 1.08 bits per heavy atom. The fourth-order valence-electron chi connectivity index (χ4n) is 4.29. The normalized spacial score (nSPS) is 14.5. The van der Waals surface area contributed by atoms with Crippen LogP contribution < -0.4 is 14.2 Å². The quantitative estimate of drug-likeness (QED) is 0.376. The van der Waals surface area contributed by atoms with E-state index in [1.54, 1.807) is 55.9 Å². The summed E-state index contributed by atoms with van der Waals surface area (Å²) in [6.45, 7) is 4.85. The highest BCUT2D eigenvalue weighted by Gasteiger charge is 2.33. The van der Waals surface area contributed by atoms with Gasteiger partial charge in [0.25, 0.3) is 5.91 Å². The zero-order valence-electron chi connectivity index (χ0n) is 20.5. The molecule has 0 N–H and O–H groups in total. The number of amides is 2. The Labute approximate surface area is 215 Å². The molecule has 8 heteroatoms. The Hall–Kier alpha value is -3.78. The summed E-state index contributed by atoms with van der Waals surface area (Å²) in [5.74, 6) is 1.68. The third kappa shape index (κ3) is 5.71. The predicted molar refractivity (Wildman–Crippen MR) is 140 cm³/mol. The molecule has 0 saturated heterocycles. The Morgan fingerprint density at radius 3 is 2.56 bits per heavy atom. The molecule has 7 nitrogen and oxygen atoms in total. The van der Waals surface area contributed by atoms with Crippen LogP contribution in [0.3, 0.4) is 0 Å². The minimum Gasteiger partial charge on any atom is -0.497 e.